The molecule has 1 fully saturated rings. The maximum Gasteiger partial charge on any atom is 0.330 e. The molecule has 0 saturated heterocycles. The Balaban J connectivity index is 2.33. The summed E-state index contributed by atoms with van der Waals surface area (Å²) in [6, 6.07) is 0.709. The number of ether oxygens (including phenoxy) is 1. The molecule has 0 atom stereocenters. The van der Waals surface area contributed by atoms with Gasteiger partial charge in [0, 0.05) is 18.7 Å². The van der Waals surface area contributed by atoms with E-state index in [-0.39, 0.29) is 5.97 Å². The standard InChI is InChI=1S/C14H25NO2/c1-3-15(13-9-6-5-7-10-13)12-8-11-14(16)17-4-2/h8,11,13H,3-7,9-10,12H2,1-2H3/b11-8+. The highest BCUT2D eigenvalue weighted by Gasteiger charge is 2.18. The van der Waals surface area contributed by atoms with E-state index in [1.54, 1.807) is 6.08 Å². The summed E-state index contributed by atoms with van der Waals surface area (Å²) in [5.41, 5.74) is 0. The van der Waals surface area contributed by atoms with E-state index in [0.717, 1.165) is 13.1 Å². The van der Waals surface area contributed by atoms with Gasteiger partial charge in [-0.2, -0.15) is 0 Å². The van der Waals surface area contributed by atoms with Gasteiger partial charge in [0.15, 0.2) is 0 Å². The van der Waals surface area contributed by atoms with E-state index in [1.165, 1.54) is 32.1 Å². The topological polar surface area (TPSA) is 29.5 Å². The van der Waals surface area contributed by atoms with Gasteiger partial charge < -0.3 is 4.74 Å². The average Bonchev–Trinajstić information content (AvgIpc) is 2.36. The van der Waals surface area contributed by atoms with Crippen molar-refractivity contribution in [1.29, 1.82) is 0 Å². The van der Waals surface area contributed by atoms with Crippen molar-refractivity contribution in [3.8, 4) is 0 Å². The number of esters is 1. The third-order valence-corrected chi connectivity index (χ3v) is 3.38. The first-order chi connectivity index (χ1) is 8.27. The van der Waals surface area contributed by atoms with Crippen LogP contribution in [0.3, 0.4) is 0 Å². The van der Waals surface area contributed by atoms with Crippen LogP contribution in [0.4, 0.5) is 0 Å². The molecule has 0 bridgehead atoms. The second kappa shape index (κ2) is 8.29. The van der Waals surface area contributed by atoms with Gasteiger partial charge in [-0.05, 0) is 26.3 Å². The number of hydrogen-bond donors (Lipinski definition) is 0. The van der Waals surface area contributed by atoms with E-state index in [0.29, 0.717) is 12.6 Å². The quantitative estimate of drug-likeness (QED) is 0.527. The molecule has 1 aliphatic rings. The van der Waals surface area contributed by atoms with Crippen molar-refractivity contribution in [2.75, 3.05) is 19.7 Å². The number of likely N-dealkylation sites (N-methyl/N-ethyl adjacent to an activating group) is 1. The van der Waals surface area contributed by atoms with Gasteiger partial charge in [0.25, 0.3) is 0 Å². The van der Waals surface area contributed by atoms with Gasteiger partial charge in [-0.15, -0.1) is 0 Å². The molecule has 0 aromatic rings. The fraction of sp³-hybridized carbons (Fsp3) is 0.786. The molecule has 0 aliphatic heterocycles. The van der Waals surface area contributed by atoms with Crippen molar-refractivity contribution >= 4 is 5.97 Å². The zero-order chi connectivity index (χ0) is 12.5. The first kappa shape index (κ1) is 14.2. The fourth-order valence-electron chi connectivity index (χ4n) is 2.46. The van der Waals surface area contributed by atoms with Gasteiger partial charge >= 0.3 is 5.97 Å². The smallest absolute Gasteiger partial charge is 0.330 e. The van der Waals surface area contributed by atoms with Crippen LogP contribution < -0.4 is 0 Å². The lowest BCUT2D eigenvalue weighted by atomic mass is 9.94. The van der Waals surface area contributed by atoms with Crippen molar-refractivity contribution in [3.63, 3.8) is 0 Å². The Labute approximate surface area is 105 Å². The highest BCUT2D eigenvalue weighted by Crippen LogP contribution is 2.22. The molecule has 0 heterocycles. The minimum absolute atomic E-state index is 0.229. The van der Waals surface area contributed by atoms with Crippen molar-refractivity contribution in [3.05, 3.63) is 12.2 Å². The first-order valence-corrected chi connectivity index (χ1v) is 6.85. The Kier molecular flexibility index (Phi) is 6.94. The zero-order valence-corrected chi connectivity index (χ0v) is 11.2. The summed E-state index contributed by atoms with van der Waals surface area (Å²) in [6.45, 7) is 6.38. The van der Waals surface area contributed by atoms with E-state index < -0.39 is 0 Å². The molecule has 3 heteroatoms. The molecular weight excluding hydrogens is 214 g/mol. The largest absolute Gasteiger partial charge is 0.463 e. The lowest BCUT2D eigenvalue weighted by Crippen LogP contribution is -2.36. The van der Waals surface area contributed by atoms with Gasteiger partial charge in [-0.25, -0.2) is 4.79 Å². The van der Waals surface area contributed by atoms with Crippen LogP contribution in [0.15, 0.2) is 12.2 Å². The minimum Gasteiger partial charge on any atom is -0.463 e. The molecule has 0 N–H and O–H groups in total. The normalized spacial score (nSPS) is 17.8. The summed E-state index contributed by atoms with van der Waals surface area (Å²) < 4.78 is 4.86. The van der Waals surface area contributed by atoms with Crippen molar-refractivity contribution < 1.29 is 9.53 Å². The third kappa shape index (κ3) is 5.35. The summed E-state index contributed by atoms with van der Waals surface area (Å²) in [5.74, 6) is -0.229. The predicted molar refractivity (Wildman–Crippen MR) is 69.9 cm³/mol. The van der Waals surface area contributed by atoms with Gasteiger partial charge in [-0.3, -0.25) is 4.90 Å². The summed E-state index contributed by atoms with van der Waals surface area (Å²) in [6.07, 6.45) is 10.2. The van der Waals surface area contributed by atoms with Crippen molar-refractivity contribution in [2.45, 2.75) is 52.0 Å². The maximum atomic E-state index is 11.2. The van der Waals surface area contributed by atoms with Gasteiger partial charge in [0.05, 0.1) is 6.61 Å². The fourth-order valence-corrected chi connectivity index (χ4v) is 2.46. The summed E-state index contributed by atoms with van der Waals surface area (Å²) in [7, 11) is 0. The monoisotopic (exact) mass is 239 g/mol. The van der Waals surface area contributed by atoms with Crippen molar-refractivity contribution in [1.82, 2.24) is 4.90 Å². The van der Waals surface area contributed by atoms with Gasteiger partial charge in [-0.1, -0.05) is 32.3 Å². The average molecular weight is 239 g/mol. The highest BCUT2D eigenvalue weighted by atomic mass is 16.5. The molecule has 17 heavy (non-hydrogen) atoms. The van der Waals surface area contributed by atoms with E-state index in [2.05, 4.69) is 11.8 Å². The molecule has 1 aliphatic carbocycles. The predicted octanol–water partition coefficient (Wildman–Crippen LogP) is 2.76. The SMILES string of the molecule is CCOC(=O)/C=C/CN(CC)C1CCCCC1. The number of nitrogens with zero attached hydrogens (tertiary/aromatic N) is 1. The van der Waals surface area contributed by atoms with Gasteiger partial charge in [0.1, 0.15) is 0 Å². The lowest BCUT2D eigenvalue weighted by Gasteiger charge is -2.32. The van der Waals surface area contributed by atoms with Crippen LogP contribution in [0.1, 0.15) is 46.0 Å². The van der Waals surface area contributed by atoms with E-state index in [4.69, 9.17) is 4.74 Å². The van der Waals surface area contributed by atoms with Crippen LogP contribution in [-0.4, -0.2) is 36.6 Å². The van der Waals surface area contributed by atoms with Crippen LogP contribution in [-0.2, 0) is 9.53 Å². The summed E-state index contributed by atoms with van der Waals surface area (Å²) in [4.78, 5) is 13.6. The van der Waals surface area contributed by atoms with Crippen molar-refractivity contribution in [2.24, 2.45) is 0 Å². The molecule has 0 unspecified atom stereocenters. The lowest BCUT2D eigenvalue weighted by molar-refractivity contribution is -0.137. The molecule has 3 nitrogen and oxygen atoms in total. The van der Waals surface area contributed by atoms with E-state index in [9.17, 15) is 4.79 Å². The van der Waals surface area contributed by atoms with E-state index >= 15 is 0 Å². The van der Waals surface area contributed by atoms with Crippen LogP contribution in [0.5, 0.6) is 0 Å². The summed E-state index contributed by atoms with van der Waals surface area (Å²) >= 11 is 0. The molecule has 0 aromatic heterocycles. The number of carbonyl (C=O) groups excluding carboxylic acids is 1. The number of rotatable bonds is 6. The minimum atomic E-state index is -0.229. The van der Waals surface area contributed by atoms with E-state index in [1.807, 2.05) is 13.0 Å². The zero-order valence-electron chi connectivity index (χ0n) is 11.2. The highest BCUT2D eigenvalue weighted by molar-refractivity contribution is 5.81. The Morgan fingerprint density at radius 2 is 2.00 bits per heavy atom. The Morgan fingerprint density at radius 3 is 2.59 bits per heavy atom. The molecule has 1 rings (SSSR count). The first-order valence-electron chi connectivity index (χ1n) is 6.85. The van der Waals surface area contributed by atoms with Crippen LogP contribution in [0.25, 0.3) is 0 Å². The molecule has 98 valence electrons. The molecule has 1 saturated carbocycles. The number of hydrogen-bond acceptors (Lipinski definition) is 3. The van der Waals surface area contributed by atoms with Gasteiger partial charge in [0.2, 0.25) is 0 Å². The molecule has 0 radical (unpaired) electrons. The molecule has 0 amide bonds. The van der Waals surface area contributed by atoms with Crippen LogP contribution >= 0.6 is 0 Å². The van der Waals surface area contributed by atoms with Crippen LogP contribution in [0, 0.1) is 0 Å². The summed E-state index contributed by atoms with van der Waals surface area (Å²) in [5, 5.41) is 0. The molecule has 0 spiro atoms. The Bertz CT molecular complexity index is 245. The Hall–Kier alpha value is -0.830. The maximum absolute atomic E-state index is 11.2. The third-order valence-electron chi connectivity index (χ3n) is 3.38. The molecule has 0 aromatic carbocycles. The molecular formula is C14H25NO2. The second-order valence-corrected chi connectivity index (χ2v) is 4.53. The number of carbonyl (C=O) groups is 1. The second-order valence-electron chi connectivity index (χ2n) is 4.53. The van der Waals surface area contributed by atoms with Crippen LogP contribution in [0.2, 0.25) is 0 Å². The Morgan fingerprint density at radius 1 is 1.29 bits per heavy atom.